The van der Waals surface area contributed by atoms with Gasteiger partial charge in [0, 0.05) is 38.2 Å². The molecule has 2 aliphatic rings. The summed E-state index contributed by atoms with van der Waals surface area (Å²) in [5.74, 6) is -3.47. The Hall–Kier alpha value is -6.91. The molecule has 1 aromatic heterocycles. The highest BCUT2D eigenvalue weighted by atomic mass is 32.2. The lowest BCUT2D eigenvalue weighted by atomic mass is 9.98. The van der Waals surface area contributed by atoms with Crippen LogP contribution in [0.15, 0.2) is 134 Å². The third kappa shape index (κ3) is 14.6. The summed E-state index contributed by atoms with van der Waals surface area (Å²) in [6.07, 6.45) is 3.61. The molecule has 0 fully saturated rings. The fourth-order valence-corrected chi connectivity index (χ4v) is 7.56. The minimum atomic E-state index is -4.26. The summed E-state index contributed by atoms with van der Waals surface area (Å²) in [4.78, 5) is 74.3. The minimum absolute atomic E-state index is 0.00959. The number of nitrogens with zero attached hydrogens (tertiary/aromatic N) is 1. The van der Waals surface area contributed by atoms with Crippen molar-refractivity contribution < 1.29 is 41.7 Å². The molecule has 0 spiro atoms. The van der Waals surface area contributed by atoms with E-state index >= 15 is 0 Å². The van der Waals surface area contributed by atoms with Crippen LogP contribution in [0.3, 0.4) is 0 Å². The molecule has 5 aromatic rings. The molecule has 7 rings (SSSR count). The molecule has 2 bridgehead atoms. The van der Waals surface area contributed by atoms with Gasteiger partial charge in [0.1, 0.15) is 29.9 Å². The fourth-order valence-electron chi connectivity index (χ4n) is 7.06. The maximum atomic E-state index is 14.6. The number of aryl methyl sites for hydroxylation is 1. The average molecular weight is 875 g/mol. The second-order valence-electron chi connectivity index (χ2n) is 15.2. The van der Waals surface area contributed by atoms with Gasteiger partial charge in [0.25, 0.3) is 16.0 Å². The number of hydrogen-bond donors (Lipinski definition) is 6. The summed E-state index contributed by atoms with van der Waals surface area (Å²) in [6, 6.07) is 31.8. The van der Waals surface area contributed by atoms with Crippen LogP contribution in [0, 0.1) is 0 Å². The zero-order valence-corrected chi connectivity index (χ0v) is 35.3. The number of pyridine rings is 1. The number of hydrogen-bond acceptors (Lipinski definition) is 9. The number of nitrogens with one attached hydrogen (secondary N) is 5. The van der Waals surface area contributed by atoms with Gasteiger partial charge in [-0.15, -0.1) is 0 Å². The minimum Gasteiger partial charge on any atom is -0.484 e. The van der Waals surface area contributed by atoms with Crippen molar-refractivity contribution in [3.8, 4) is 16.9 Å². The van der Waals surface area contributed by atoms with Crippen molar-refractivity contribution >= 4 is 39.7 Å². The van der Waals surface area contributed by atoms with E-state index in [1.165, 1.54) is 0 Å². The van der Waals surface area contributed by atoms with Crippen LogP contribution in [0.2, 0.25) is 0 Å². The Morgan fingerprint density at radius 1 is 0.667 bits per heavy atom. The van der Waals surface area contributed by atoms with Crippen molar-refractivity contribution in [2.45, 2.75) is 62.7 Å². The number of rotatable bonds is 13. The number of fused-ring (bicyclic) bond motifs is 16. The lowest BCUT2D eigenvalue weighted by Gasteiger charge is -2.27. The first-order valence-corrected chi connectivity index (χ1v) is 22.2. The third-order valence-corrected chi connectivity index (χ3v) is 11.2. The van der Waals surface area contributed by atoms with E-state index in [0.29, 0.717) is 28.9 Å². The van der Waals surface area contributed by atoms with Gasteiger partial charge in [-0.2, -0.15) is 8.42 Å². The molecule has 328 valence electrons. The van der Waals surface area contributed by atoms with Gasteiger partial charge in [0.15, 0.2) is 6.61 Å². The lowest BCUT2D eigenvalue weighted by molar-refractivity contribution is -0.134. The molecule has 6 N–H and O–H groups in total. The molecule has 0 saturated carbocycles. The van der Waals surface area contributed by atoms with E-state index in [2.05, 4.69) is 31.6 Å². The predicted octanol–water partition coefficient (Wildman–Crippen LogP) is 3.14. The number of benzene rings is 4. The topological polar surface area (TPSA) is 222 Å². The quantitative estimate of drug-likeness (QED) is 0.0577. The number of ether oxygens (including phenoxy) is 1. The number of aromatic nitrogens is 1. The van der Waals surface area contributed by atoms with Crippen molar-refractivity contribution in [1.29, 1.82) is 0 Å². The summed E-state index contributed by atoms with van der Waals surface area (Å²) in [7, 11) is -4.26. The van der Waals surface area contributed by atoms with E-state index in [1.807, 2.05) is 84.9 Å². The van der Waals surface area contributed by atoms with E-state index in [0.717, 1.165) is 16.7 Å². The summed E-state index contributed by atoms with van der Waals surface area (Å²) < 4.78 is 37.5. The molecule has 1 unspecified atom stereocenters. The lowest BCUT2D eigenvalue weighted by Crippen LogP contribution is -2.59. The Bertz CT molecular complexity index is 2420. The fraction of sp³-hybridized carbons (Fsp3) is 0.277. The monoisotopic (exact) mass is 874 g/mol. The molecule has 3 heterocycles. The van der Waals surface area contributed by atoms with Crippen LogP contribution in [-0.4, -0.2) is 90.6 Å². The zero-order valence-electron chi connectivity index (χ0n) is 34.4. The van der Waals surface area contributed by atoms with Gasteiger partial charge in [-0.1, -0.05) is 97.1 Å². The van der Waals surface area contributed by atoms with Gasteiger partial charge in [0.05, 0.1) is 5.75 Å². The second-order valence-corrected chi connectivity index (χ2v) is 16.8. The summed E-state index contributed by atoms with van der Waals surface area (Å²) in [5, 5.41) is 13.9. The highest BCUT2D eigenvalue weighted by Gasteiger charge is 2.32. The van der Waals surface area contributed by atoms with Crippen LogP contribution in [0.1, 0.15) is 35.1 Å². The third-order valence-electron chi connectivity index (χ3n) is 10.4. The molecule has 4 atom stereocenters. The van der Waals surface area contributed by atoms with Crippen molar-refractivity contribution in [2.24, 2.45) is 0 Å². The number of carbonyl (C=O) groups is 5. The van der Waals surface area contributed by atoms with E-state index in [1.54, 1.807) is 48.8 Å². The van der Waals surface area contributed by atoms with E-state index in [4.69, 9.17) is 4.74 Å². The molecule has 15 nitrogen and oxygen atoms in total. The van der Waals surface area contributed by atoms with E-state index in [-0.39, 0.29) is 38.6 Å². The number of amides is 5. The summed E-state index contributed by atoms with van der Waals surface area (Å²) >= 11 is 0. The number of carbonyl (C=O) groups excluding carboxylic acids is 5. The molecule has 0 saturated heterocycles. The highest BCUT2D eigenvalue weighted by molar-refractivity contribution is 7.85. The van der Waals surface area contributed by atoms with Gasteiger partial charge >= 0.3 is 0 Å². The van der Waals surface area contributed by atoms with Crippen LogP contribution in [0.5, 0.6) is 5.75 Å². The molecule has 0 aliphatic carbocycles. The first-order chi connectivity index (χ1) is 30.4. The molecular formula is C47H50N6O9S. The highest BCUT2D eigenvalue weighted by Crippen LogP contribution is 2.20. The van der Waals surface area contributed by atoms with Crippen molar-refractivity contribution in [3.63, 3.8) is 0 Å². The van der Waals surface area contributed by atoms with E-state index < -0.39 is 76.2 Å². The van der Waals surface area contributed by atoms with Crippen molar-refractivity contribution in [3.05, 3.63) is 156 Å². The van der Waals surface area contributed by atoms with Gasteiger partial charge in [0.2, 0.25) is 23.6 Å². The molecule has 16 heteroatoms. The Balaban J connectivity index is 1.33. The van der Waals surface area contributed by atoms with Crippen LogP contribution >= 0.6 is 0 Å². The van der Waals surface area contributed by atoms with Gasteiger partial charge in [-0.05, 0) is 76.9 Å². The van der Waals surface area contributed by atoms with Gasteiger partial charge in [-0.3, -0.25) is 33.5 Å². The Morgan fingerprint density at radius 3 is 1.89 bits per heavy atom. The van der Waals surface area contributed by atoms with Gasteiger partial charge < -0.3 is 31.3 Å². The zero-order chi connectivity index (χ0) is 44.6. The van der Waals surface area contributed by atoms with Crippen LogP contribution in [-0.2, 0) is 59.8 Å². The molecule has 2 aliphatic heterocycles. The SMILES string of the molecule is O=C1COc2ccc(cc2)C[C@@H](C(=O)NCCCS(=O)(=O)O)NC(=O)C(CCc2ccccc2)NC(=O)[C@@H](Cc2ccc(-c3ccccc3)cc2)NC(=O)[C@H](Cc2ccncc2)N1. The van der Waals surface area contributed by atoms with Gasteiger partial charge in [-0.25, -0.2) is 0 Å². The Kier molecular flexibility index (Phi) is 16.1. The van der Waals surface area contributed by atoms with Crippen molar-refractivity contribution in [1.82, 2.24) is 31.6 Å². The Labute approximate surface area is 366 Å². The smallest absolute Gasteiger partial charge is 0.264 e. The second kappa shape index (κ2) is 22.3. The van der Waals surface area contributed by atoms with Crippen LogP contribution in [0.4, 0.5) is 0 Å². The average Bonchev–Trinajstić information content (AvgIpc) is 3.28. The first kappa shape index (κ1) is 45.6. The Morgan fingerprint density at radius 2 is 1.24 bits per heavy atom. The molecule has 4 aromatic carbocycles. The molecular weight excluding hydrogens is 825 g/mol. The molecule has 63 heavy (non-hydrogen) atoms. The summed E-state index contributed by atoms with van der Waals surface area (Å²) in [5.41, 5.74) is 4.85. The standard InChI is InChI=1S/C47H50N6O9S/c54-43-31-62-38-19-14-34(15-20-38)28-40(44(55)49-24-7-27-63(59,60)61)52-45(56)39(21-16-32-8-3-1-4-9-32)51-47(58)42(53-46(57)41(50-43)30-35-22-25-48-26-23-35)29-33-12-17-37(18-13-33)36-10-5-2-6-11-36/h1-6,8-15,17-20,22-23,25-26,39-42H,7,16,21,24,27-31H2,(H,49,55)(H,50,54)(H,51,58)(H,52,56)(H,53,57)(H,59,60,61)/t39?,40-,41-,42+/m0/s1. The first-order valence-electron chi connectivity index (χ1n) is 20.6. The van der Waals surface area contributed by atoms with E-state index in [9.17, 15) is 36.9 Å². The molecule has 0 radical (unpaired) electrons. The summed E-state index contributed by atoms with van der Waals surface area (Å²) in [6.45, 7) is -0.547. The normalized spacial score (nSPS) is 18.9. The van der Waals surface area contributed by atoms with Crippen LogP contribution in [0.25, 0.3) is 11.1 Å². The molecule has 5 amide bonds. The largest absolute Gasteiger partial charge is 0.484 e. The maximum Gasteiger partial charge on any atom is 0.264 e. The van der Waals surface area contributed by atoms with Crippen LogP contribution < -0.4 is 31.3 Å². The predicted molar refractivity (Wildman–Crippen MR) is 236 cm³/mol. The maximum absolute atomic E-state index is 14.6. The van der Waals surface area contributed by atoms with Crippen molar-refractivity contribution in [2.75, 3.05) is 18.9 Å².